The predicted molar refractivity (Wildman–Crippen MR) is 78.9 cm³/mol. The molecule has 2 nitrogen and oxygen atoms in total. The minimum absolute atomic E-state index is 0.259. The highest BCUT2D eigenvalue weighted by molar-refractivity contribution is 7.17. The molecule has 98 valence electrons. The summed E-state index contributed by atoms with van der Waals surface area (Å²) in [6.07, 6.45) is 0. The van der Waals surface area contributed by atoms with Crippen molar-refractivity contribution in [2.75, 3.05) is 13.2 Å². The zero-order valence-corrected chi connectivity index (χ0v) is 11.8. The molecule has 1 heterocycles. The van der Waals surface area contributed by atoms with E-state index in [1.54, 1.807) is 11.3 Å². The van der Waals surface area contributed by atoms with Gasteiger partial charge in [-0.25, -0.2) is 0 Å². The van der Waals surface area contributed by atoms with Crippen LogP contribution in [0.3, 0.4) is 0 Å². The summed E-state index contributed by atoms with van der Waals surface area (Å²) >= 11 is 1.80. The van der Waals surface area contributed by atoms with E-state index in [9.17, 15) is 5.11 Å². The van der Waals surface area contributed by atoms with Crippen LogP contribution >= 0.6 is 11.3 Å². The lowest BCUT2D eigenvalue weighted by Gasteiger charge is -2.18. The summed E-state index contributed by atoms with van der Waals surface area (Å²) < 4.78 is 1.34. The zero-order valence-electron chi connectivity index (χ0n) is 11.0. The van der Waals surface area contributed by atoms with Gasteiger partial charge >= 0.3 is 0 Å². The van der Waals surface area contributed by atoms with Crippen molar-refractivity contribution in [1.82, 2.24) is 5.32 Å². The Hall–Kier alpha value is -0.900. The Balaban J connectivity index is 1.94. The quantitative estimate of drug-likeness (QED) is 0.838. The molecule has 0 fully saturated rings. The van der Waals surface area contributed by atoms with Crippen LogP contribution in [-0.4, -0.2) is 18.3 Å². The van der Waals surface area contributed by atoms with Crippen LogP contribution in [0.1, 0.15) is 19.4 Å². The number of fused-ring (bicyclic) bond motifs is 1. The lowest BCUT2D eigenvalue weighted by molar-refractivity contribution is 0.186. The minimum atomic E-state index is 0.259. The third kappa shape index (κ3) is 3.10. The first-order valence-electron chi connectivity index (χ1n) is 6.49. The van der Waals surface area contributed by atoms with E-state index in [-0.39, 0.29) is 6.61 Å². The van der Waals surface area contributed by atoms with Crippen LogP contribution in [-0.2, 0) is 6.54 Å². The van der Waals surface area contributed by atoms with Gasteiger partial charge in [0.25, 0.3) is 0 Å². The van der Waals surface area contributed by atoms with Crippen LogP contribution in [0.5, 0.6) is 0 Å². The van der Waals surface area contributed by atoms with Crippen LogP contribution in [0.4, 0.5) is 0 Å². The third-order valence-corrected chi connectivity index (χ3v) is 4.47. The third-order valence-electron chi connectivity index (χ3n) is 3.46. The van der Waals surface area contributed by atoms with E-state index in [1.807, 2.05) is 0 Å². The highest BCUT2D eigenvalue weighted by Crippen LogP contribution is 2.25. The van der Waals surface area contributed by atoms with Crippen molar-refractivity contribution in [2.24, 2.45) is 11.8 Å². The van der Waals surface area contributed by atoms with Crippen molar-refractivity contribution in [1.29, 1.82) is 0 Å². The van der Waals surface area contributed by atoms with Crippen LogP contribution in [0, 0.1) is 11.8 Å². The molecule has 0 aliphatic heterocycles. The van der Waals surface area contributed by atoms with E-state index in [0.29, 0.717) is 11.8 Å². The molecule has 2 aromatic rings. The molecule has 2 rings (SSSR count). The Morgan fingerprint density at radius 3 is 2.78 bits per heavy atom. The maximum absolute atomic E-state index is 9.29. The Bertz CT molecular complexity index is 492. The van der Waals surface area contributed by atoms with Crippen LogP contribution in [0.15, 0.2) is 29.6 Å². The standard InChI is InChI=1S/C15H21NOS/c1-11(2)12(9-17)7-16-8-13-10-18-15-6-4-3-5-14(13)15/h3-6,10-12,16-17H,7-9H2,1-2H3. The molecule has 0 saturated carbocycles. The van der Waals surface area contributed by atoms with Gasteiger partial charge in [0.1, 0.15) is 0 Å². The second-order valence-corrected chi connectivity index (χ2v) is 5.99. The molecule has 0 aliphatic rings. The highest BCUT2D eigenvalue weighted by Gasteiger charge is 2.11. The van der Waals surface area contributed by atoms with Gasteiger partial charge in [-0.05, 0) is 34.2 Å². The molecular formula is C15H21NOS. The Morgan fingerprint density at radius 2 is 2.06 bits per heavy atom. The number of hydrogen-bond acceptors (Lipinski definition) is 3. The lowest BCUT2D eigenvalue weighted by atomic mass is 9.97. The summed E-state index contributed by atoms with van der Waals surface area (Å²) in [5.74, 6) is 0.858. The first kappa shape index (κ1) is 13.5. The summed E-state index contributed by atoms with van der Waals surface area (Å²) in [6, 6.07) is 8.50. The van der Waals surface area contributed by atoms with Gasteiger partial charge in [0.05, 0.1) is 0 Å². The molecule has 0 bridgehead atoms. The molecule has 0 aliphatic carbocycles. The Kier molecular flexibility index (Phi) is 4.75. The van der Waals surface area contributed by atoms with E-state index < -0.39 is 0 Å². The van der Waals surface area contributed by atoms with Crippen molar-refractivity contribution < 1.29 is 5.11 Å². The molecule has 1 unspecified atom stereocenters. The monoisotopic (exact) mass is 263 g/mol. The number of hydrogen-bond donors (Lipinski definition) is 2. The number of nitrogens with one attached hydrogen (secondary N) is 1. The fourth-order valence-electron chi connectivity index (χ4n) is 2.07. The Morgan fingerprint density at radius 1 is 1.28 bits per heavy atom. The first-order chi connectivity index (χ1) is 8.72. The maximum Gasteiger partial charge on any atom is 0.0473 e. The average molecular weight is 263 g/mol. The maximum atomic E-state index is 9.29. The molecule has 0 spiro atoms. The Labute approximate surface area is 113 Å². The van der Waals surface area contributed by atoms with Gasteiger partial charge < -0.3 is 10.4 Å². The zero-order chi connectivity index (χ0) is 13.0. The van der Waals surface area contributed by atoms with Gasteiger partial charge in [-0.1, -0.05) is 32.0 Å². The van der Waals surface area contributed by atoms with Crippen molar-refractivity contribution >= 4 is 21.4 Å². The van der Waals surface area contributed by atoms with Crippen molar-refractivity contribution in [3.63, 3.8) is 0 Å². The molecule has 1 aromatic carbocycles. The van der Waals surface area contributed by atoms with E-state index in [1.165, 1.54) is 15.6 Å². The molecule has 18 heavy (non-hydrogen) atoms. The first-order valence-corrected chi connectivity index (χ1v) is 7.37. The molecule has 0 radical (unpaired) electrons. The molecule has 1 atom stereocenters. The van der Waals surface area contributed by atoms with Crippen molar-refractivity contribution in [3.05, 3.63) is 35.2 Å². The van der Waals surface area contributed by atoms with Gasteiger partial charge in [0.15, 0.2) is 0 Å². The predicted octanol–water partition coefficient (Wildman–Crippen LogP) is 3.26. The second-order valence-electron chi connectivity index (χ2n) is 5.07. The summed E-state index contributed by atoms with van der Waals surface area (Å²) in [5.41, 5.74) is 1.36. The van der Waals surface area contributed by atoms with Gasteiger partial charge in [0, 0.05) is 24.4 Å². The van der Waals surface area contributed by atoms with E-state index in [0.717, 1.165) is 13.1 Å². The number of thiophene rings is 1. The van der Waals surface area contributed by atoms with E-state index >= 15 is 0 Å². The van der Waals surface area contributed by atoms with Gasteiger partial charge in [-0.15, -0.1) is 11.3 Å². The molecule has 3 heteroatoms. The smallest absolute Gasteiger partial charge is 0.0473 e. The van der Waals surface area contributed by atoms with Gasteiger partial charge in [-0.3, -0.25) is 0 Å². The molecule has 0 amide bonds. The molecule has 2 N–H and O–H groups in total. The van der Waals surface area contributed by atoms with Gasteiger partial charge in [0.2, 0.25) is 0 Å². The SMILES string of the molecule is CC(C)C(CO)CNCc1csc2ccccc12. The van der Waals surface area contributed by atoms with Crippen molar-refractivity contribution in [3.8, 4) is 0 Å². The molecule has 1 aromatic heterocycles. The van der Waals surface area contributed by atoms with E-state index in [2.05, 4.69) is 48.8 Å². The molecular weight excluding hydrogens is 242 g/mol. The van der Waals surface area contributed by atoms with E-state index in [4.69, 9.17) is 0 Å². The van der Waals surface area contributed by atoms with Gasteiger partial charge in [-0.2, -0.15) is 0 Å². The van der Waals surface area contributed by atoms with Crippen LogP contribution in [0.2, 0.25) is 0 Å². The van der Waals surface area contributed by atoms with Crippen molar-refractivity contribution in [2.45, 2.75) is 20.4 Å². The average Bonchev–Trinajstić information content (AvgIpc) is 2.78. The number of aliphatic hydroxyl groups excluding tert-OH is 1. The number of benzene rings is 1. The summed E-state index contributed by atoms with van der Waals surface area (Å²) in [6.45, 7) is 6.33. The summed E-state index contributed by atoms with van der Waals surface area (Å²) in [7, 11) is 0. The minimum Gasteiger partial charge on any atom is -0.396 e. The van der Waals surface area contributed by atoms with Crippen LogP contribution < -0.4 is 5.32 Å². The second kappa shape index (κ2) is 6.32. The number of aliphatic hydroxyl groups is 1. The lowest BCUT2D eigenvalue weighted by Crippen LogP contribution is -2.28. The normalized spacial score (nSPS) is 13.3. The fraction of sp³-hybridized carbons (Fsp3) is 0.467. The van der Waals surface area contributed by atoms with Crippen LogP contribution in [0.25, 0.3) is 10.1 Å². The number of rotatable bonds is 6. The molecule has 0 saturated heterocycles. The highest BCUT2D eigenvalue weighted by atomic mass is 32.1. The topological polar surface area (TPSA) is 32.3 Å². The summed E-state index contributed by atoms with van der Waals surface area (Å²) in [5, 5.41) is 16.3. The summed E-state index contributed by atoms with van der Waals surface area (Å²) in [4.78, 5) is 0. The largest absolute Gasteiger partial charge is 0.396 e. The fourth-order valence-corrected chi connectivity index (χ4v) is 3.04.